The number of likely N-dealkylation sites (tertiary alicyclic amines) is 1. The molecule has 0 amide bonds. The van der Waals surface area contributed by atoms with E-state index in [1.54, 1.807) is 0 Å². The van der Waals surface area contributed by atoms with Crippen LogP contribution in [0.3, 0.4) is 0 Å². The second kappa shape index (κ2) is 5.49. The van der Waals surface area contributed by atoms with Gasteiger partial charge in [-0.2, -0.15) is 0 Å². The fraction of sp³-hybridized carbons (Fsp3) is 0.700. The second-order valence-corrected chi connectivity index (χ2v) is 8.22. The average molecular weight is 312 g/mol. The van der Waals surface area contributed by atoms with Gasteiger partial charge >= 0.3 is 0 Å². The first kappa shape index (κ1) is 14.3. The number of hydrogen-bond donors (Lipinski definition) is 1. The highest BCUT2D eigenvalue weighted by Crippen LogP contribution is 2.48. The number of hydrogen-bond acceptors (Lipinski definition) is 3. The van der Waals surface area contributed by atoms with Gasteiger partial charge in [0.2, 0.25) is 0 Å². The molecule has 2 atom stereocenters. The van der Waals surface area contributed by atoms with Crippen molar-refractivity contribution in [1.82, 2.24) is 10.2 Å². The average Bonchev–Trinajstić information content (AvgIpc) is 3.29. The smallest absolute Gasteiger partial charge is 0.124 e. The largest absolute Gasteiger partial charge is 0.487 e. The predicted molar refractivity (Wildman–Crippen MR) is 91.7 cm³/mol. The molecule has 124 valence electrons. The van der Waals surface area contributed by atoms with Crippen molar-refractivity contribution in [3.05, 3.63) is 29.8 Å². The van der Waals surface area contributed by atoms with Crippen LogP contribution in [0.2, 0.25) is 0 Å². The van der Waals surface area contributed by atoms with Gasteiger partial charge in [0.05, 0.1) is 0 Å². The molecule has 1 saturated heterocycles. The molecular weight excluding hydrogens is 284 g/mol. The van der Waals surface area contributed by atoms with Crippen molar-refractivity contribution in [1.29, 1.82) is 0 Å². The Bertz CT molecular complexity index is 579. The van der Waals surface area contributed by atoms with Crippen LogP contribution in [-0.4, -0.2) is 36.2 Å². The van der Waals surface area contributed by atoms with Gasteiger partial charge in [-0.3, -0.25) is 0 Å². The maximum atomic E-state index is 6.37. The minimum absolute atomic E-state index is 0.141. The van der Waals surface area contributed by atoms with Crippen LogP contribution in [0.15, 0.2) is 24.3 Å². The normalized spacial score (nSPS) is 32.3. The molecule has 2 aliphatic heterocycles. The van der Waals surface area contributed by atoms with Gasteiger partial charge < -0.3 is 15.0 Å². The van der Waals surface area contributed by atoms with Crippen LogP contribution in [-0.2, 0) is 0 Å². The van der Waals surface area contributed by atoms with E-state index in [4.69, 9.17) is 4.74 Å². The summed E-state index contributed by atoms with van der Waals surface area (Å²) < 4.78 is 6.37. The van der Waals surface area contributed by atoms with Crippen LogP contribution < -0.4 is 10.1 Å². The molecule has 1 aromatic rings. The molecule has 2 heterocycles. The molecule has 1 aromatic carbocycles. The topological polar surface area (TPSA) is 24.5 Å². The third kappa shape index (κ3) is 2.68. The number of fused-ring (bicyclic) bond motifs is 1. The van der Waals surface area contributed by atoms with E-state index >= 15 is 0 Å². The van der Waals surface area contributed by atoms with Crippen molar-refractivity contribution in [2.75, 3.05) is 19.6 Å². The summed E-state index contributed by atoms with van der Waals surface area (Å²) in [5.41, 5.74) is 1.52. The van der Waals surface area contributed by atoms with Gasteiger partial charge in [-0.05, 0) is 63.6 Å². The molecule has 2 aliphatic carbocycles. The molecule has 0 bridgehead atoms. The zero-order valence-electron chi connectivity index (χ0n) is 14.0. The van der Waals surface area contributed by atoms with Gasteiger partial charge in [0.1, 0.15) is 11.4 Å². The summed E-state index contributed by atoms with van der Waals surface area (Å²) in [5, 5.41) is 3.92. The second-order valence-electron chi connectivity index (χ2n) is 8.22. The summed E-state index contributed by atoms with van der Waals surface area (Å²) in [5.74, 6) is 1.96. The summed E-state index contributed by atoms with van der Waals surface area (Å²) >= 11 is 0. The van der Waals surface area contributed by atoms with Gasteiger partial charge in [0, 0.05) is 30.6 Å². The molecule has 2 saturated carbocycles. The molecule has 1 N–H and O–H groups in total. The van der Waals surface area contributed by atoms with Crippen LogP contribution in [0.4, 0.5) is 0 Å². The zero-order chi connectivity index (χ0) is 15.3. The first-order valence-corrected chi connectivity index (χ1v) is 9.57. The van der Waals surface area contributed by atoms with E-state index in [0.717, 1.165) is 30.7 Å². The summed E-state index contributed by atoms with van der Waals surface area (Å²) in [6.45, 7) is 3.80. The predicted octanol–water partition coefficient (Wildman–Crippen LogP) is 3.51. The third-order valence-corrected chi connectivity index (χ3v) is 6.50. The molecule has 3 nitrogen and oxygen atoms in total. The zero-order valence-corrected chi connectivity index (χ0v) is 14.0. The Hall–Kier alpha value is -1.06. The Morgan fingerprint density at radius 2 is 2.04 bits per heavy atom. The van der Waals surface area contributed by atoms with E-state index in [2.05, 4.69) is 34.5 Å². The SMILES string of the molecule is c1ccc2c(c1)OC1(CCC1)C[C@H]2NC[C@H]1CCN(C2CC2)C1. The molecule has 23 heavy (non-hydrogen) atoms. The van der Waals surface area contributed by atoms with E-state index < -0.39 is 0 Å². The maximum absolute atomic E-state index is 6.37. The summed E-state index contributed by atoms with van der Waals surface area (Å²) in [6, 6.07) is 10.1. The molecule has 4 aliphatic rings. The number of nitrogens with zero attached hydrogens (tertiary/aromatic N) is 1. The van der Waals surface area contributed by atoms with Gasteiger partial charge in [-0.25, -0.2) is 0 Å². The minimum Gasteiger partial charge on any atom is -0.487 e. The van der Waals surface area contributed by atoms with Gasteiger partial charge in [0.15, 0.2) is 0 Å². The molecule has 5 rings (SSSR count). The number of rotatable bonds is 4. The highest BCUT2D eigenvalue weighted by molar-refractivity contribution is 5.39. The summed E-state index contributed by atoms with van der Waals surface area (Å²) in [7, 11) is 0. The minimum atomic E-state index is 0.141. The number of nitrogens with one attached hydrogen (secondary N) is 1. The van der Waals surface area contributed by atoms with Crippen LogP contribution in [0, 0.1) is 5.92 Å². The van der Waals surface area contributed by atoms with Crippen LogP contribution in [0.1, 0.15) is 56.6 Å². The Kier molecular flexibility index (Phi) is 3.41. The Morgan fingerprint density at radius 1 is 1.17 bits per heavy atom. The Balaban J connectivity index is 1.26. The van der Waals surface area contributed by atoms with Crippen molar-refractivity contribution < 1.29 is 4.74 Å². The molecule has 3 heteroatoms. The van der Waals surface area contributed by atoms with Crippen molar-refractivity contribution in [3.8, 4) is 5.75 Å². The lowest BCUT2D eigenvalue weighted by Crippen LogP contribution is -2.49. The van der Waals surface area contributed by atoms with Crippen LogP contribution in [0.25, 0.3) is 0 Å². The van der Waals surface area contributed by atoms with E-state index in [1.165, 1.54) is 57.2 Å². The van der Waals surface area contributed by atoms with E-state index in [9.17, 15) is 0 Å². The summed E-state index contributed by atoms with van der Waals surface area (Å²) in [4.78, 5) is 2.72. The first-order chi connectivity index (χ1) is 11.3. The monoisotopic (exact) mass is 312 g/mol. The van der Waals surface area contributed by atoms with Crippen LogP contribution >= 0.6 is 0 Å². The van der Waals surface area contributed by atoms with Gasteiger partial charge in [-0.1, -0.05) is 18.2 Å². The lowest BCUT2D eigenvalue weighted by Gasteiger charge is -2.48. The standard InChI is InChI=1S/C20H28N2O/c1-2-5-19-17(4-1)18(12-20(23-19)9-3-10-20)21-13-15-8-11-22(14-15)16-6-7-16/h1-2,4-5,15-16,18,21H,3,6-14H2/t15-,18-/m1/s1. The Morgan fingerprint density at radius 3 is 2.83 bits per heavy atom. The third-order valence-electron chi connectivity index (χ3n) is 6.50. The molecule has 3 fully saturated rings. The highest BCUT2D eigenvalue weighted by Gasteiger charge is 2.45. The fourth-order valence-corrected chi connectivity index (χ4v) is 4.79. The first-order valence-electron chi connectivity index (χ1n) is 9.57. The summed E-state index contributed by atoms with van der Waals surface area (Å²) in [6.07, 6.45) is 9.21. The quantitative estimate of drug-likeness (QED) is 0.921. The molecule has 0 unspecified atom stereocenters. The lowest BCUT2D eigenvalue weighted by atomic mass is 9.73. The van der Waals surface area contributed by atoms with Gasteiger partial charge in [0.25, 0.3) is 0 Å². The number of para-hydroxylation sites is 1. The number of ether oxygens (including phenoxy) is 1. The van der Waals surface area contributed by atoms with E-state index in [1.807, 2.05) is 0 Å². The van der Waals surface area contributed by atoms with E-state index in [0.29, 0.717) is 6.04 Å². The van der Waals surface area contributed by atoms with Crippen molar-refractivity contribution in [2.24, 2.45) is 5.92 Å². The Labute approximate surface area is 139 Å². The lowest BCUT2D eigenvalue weighted by molar-refractivity contribution is -0.0371. The van der Waals surface area contributed by atoms with Gasteiger partial charge in [-0.15, -0.1) is 0 Å². The molecule has 0 radical (unpaired) electrons. The fourth-order valence-electron chi connectivity index (χ4n) is 4.79. The van der Waals surface area contributed by atoms with Crippen molar-refractivity contribution in [3.63, 3.8) is 0 Å². The van der Waals surface area contributed by atoms with Crippen molar-refractivity contribution >= 4 is 0 Å². The number of benzene rings is 1. The van der Waals surface area contributed by atoms with Crippen molar-refractivity contribution in [2.45, 2.75) is 62.6 Å². The molecule has 1 spiro atoms. The molecular formula is C20H28N2O. The highest BCUT2D eigenvalue weighted by atomic mass is 16.5. The molecule has 0 aromatic heterocycles. The van der Waals surface area contributed by atoms with E-state index in [-0.39, 0.29) is 5.60 Å². The maximum Gasteiger partial charge on any atom is 0.124 e. The van der Waals surface area contributed by atoms with Crippen LogP contribution in [0.5, 0.6) is 5.75 Å².